The summed E-state index contributed by atoms with van der Waals surface area (Å²) in [7, 11) is 0. The molecule has 0 heterocycles. The number of carboxylic acids is 6. The molecule has 0 N–H and O–H groups in total. The van der Waals surface area contributed by atoms with Gasteiger partial charge < -0.3 is 59.4 Å². The molecule has 720 valence electrons. The van der Waals surface area contributed by atoms with Gasteiger partial charge in [0.05, 0.1) is 0 Å². The van der Waals surface area contributed by atoms with Gasteiger partial charge in [0.1, 0.15) is 0 Å². The summed E-state index contributed by atoms with van der Waals surface area (Å²) in [6.07, 6.45) is 119. The number of hydrogen-bond donors (Lipinski definition) is 0. The van der Waals surface area contributed by atoms with Crippen molar-refractivity contribution in [3.63, 3.8) is 0 Å². The Kier molecular flexibility index (Phi) is 184. The van der Waals surface area contributed by atoms with Crippen LogP contribution in [0.15, 0.2) is 0 Å². The number of rotatable bonds is 96. The molecule has 0 spiro atoms. The number of unbranched alkanes of at least 4 members (excludes halogenated alkanes) is 84. The number of hydrogen-bond acceptors (Lipinski definition) is 12. The fraction of sp³-hybridized carbons (Fsp3) is 0.944. The first-order valence-corrected chi connectivity index (χ1v) is 53.8. The van der Waals surface area contributed by atoms with Crippen LogP contribution in [0.5, 0.6) is 0 Å². The molecule has 0 aliphatic rings. The third-order valence-corrected chi connectivity index (χ3v) is 23.9. The predicted molar refractivity (Wildman–Crippen MR) is 525 cm³/mol. The van der Waals surface area contributed by atoms with Gasteiger partial charge in [0.25, 0.3) is 0 Å². The van der Waals surface area contributed by atoms with E-state index in [1.807, 2.05) is 0 Å². The molecule has 0 aliphatic carbocycles. The molecule has 0 aromatic carbocycles. The maximum absolute atomic E-state index is 10.2. The quantitative estimate of drug-likeness (QED) is 0.0408. The van der Waals surface area contributed by atoms with Crippen molar-refractivity contribution in [2.45, 2.75) is 658 Å². The van der Waals surface area contributed by atoms with Crippen LogP contribution in [0.2, 0.25) is 0 Å². The van der Waals surface area contributed by atoms with Gasteiger partial charge in [-0.25, -0.2) is 0 Å². The van der Waals surface area contributed by atoms with E-state index in [9.17, 15) is 59.4 Å². The molecular weight excluding hydrogens is 1710 g/mol. The Labute approximate surface area is 920 Å². The fourth-order valence-corrected chi connectivity index (χ4v) is 15.8. The van der Waals surface area contributed by atoms with Gasteiger partial charge in [0.2, 0.25) is 0 Å². The standard InChI is InChI=1S/6C18H36O2.Al.Ca.K.Mg.Na.Zn/c6*1-2-3-4-5-6-7-8-9-10-11-12-13-14-15-16-17-18(19)20;;;;;;/h6*2-17H2,1H3,(H,19,20);;;;;;/q;;;;;;+3;+2;+1;+2;+1;+2/p-6. The van der Waals surface area contributed by atoms with Gasteiger partial charge >= 0.3 is 179 Å². The topological polar surface area (TPSA) is 241 Å². The van der Waals surface area contributed by atoms with Gasteiger partial charge in [-0.1, -0.05) is 581 Å². The van der Waals surface area contributed by atoms with Crippen molar-refractivity contribution in [1.29, 1.82) is 0 Å². The molecule has 0 aliphatic heterocycles. The van der Waals surface area contributed by atoms with E-state index in [-0.39, 0.29) is 217 Å². The van der Waals surface area contributed by atoms with Crippen molar-refractivity contribution in [2.75, 3.05) is 0 Å². The second-order valence-corrected chi connectivity index (χ2v) is 36.4. The average Bonchev–Trinajstić information content (AvgIpc) is 1.13. The van der Waals surface area contributed by atoms with E-state index in [2.05, 4.69) is 41.5 Å². The minimum Gasteiger partial charge on any atom is -0.550 e. The Morgan fingerprint density at radius 3 is 0.238 bits per heavy atom. The third-order valence-electron chi connectivity index (χ3n) is 23.9. The van der Waals surface area contributed by atoms with Crippen LogP contribution in [-0.2, 0) is 48.2 Å². The van der Waals surface area contributed by atoms with Gasteiger partial charge in [-0.15, -0.1) is 0 Å². The number of aliphatic carboxylic acids is 6. The van der Waals surface area contributed by atoms with Crippen molar-refractivity contribution in [1.82, 2.24) is 0 Å². The summed E-state index contributed by atoms with van der Waals surface area (Å²) < 4.78 is 0. The summed E-state index contributed by atoms with van der Waals surface area (Å²) in [6.45, 7) is 13.6. The van der Waals surface area contributed by atoms with Crippen LogP contribution in [0.1, 0.15) is 658 Å². The molecular formula is C108H210AlCaKMgNaO12Zn+5. The molecule has 0 saturated carbocycles. The van der Waals surface area contributed by atoms with Crippen molar-refractivity contribution in [3.8, 4) is 0 Å². The summed E-state index contributed by atoms with van der Waals surface area (Å²) in [5.74, 6) is -5.42. The molecule has 18 heteroatoms. The van der Waals surface area contributed by atoms with Crippen molar-refractivity contribution in [3.05, 3.63) is 0 Å². The van der Waals surface area contributed by atoms with Crippen molar-refractivity contribution >= 4 is 114 Å². The normalized spacial score (nSPS) is 10.3. The summed E-state index contributed by atoms with van der Waals surface area (Å²) in [4.78, 5) is 61.3. The van der Waals surface area contributed by atoms with E-state index in [1.54, 1.807) is 0 Å². The fourth-order valence-electron chi connectivity index (χ4n) is 15.8. The maximum Gasteiger partial charge on any atom is 3.00 e. The van der Waals surface area contributed by atoms with Crippen LogP contribution in [0.25, 0.3) is 0 Å². The van der Waals surface area contributed by atoms with E-state index >= 15 is 0 Å². The molecule has 0 aromatic heterocycles. The van der Waals surface area contributed by atoms with Gasteiger partial charge in [-0.2, -0.15) is 0 Å². The first-order chi connectivity index (χ1) is 58.6. The minimum atomic E-state index is -0.903. The van der Waals surface area contributed by atoms with E-state index in [0.29, 0.717) is 0 Å². The van der Waals surface area contributed by atoms with E-state index in [4.69, 9.17) is 0 Å². The monoisotopic (exact) mass is 1920 g/mol. The molecule has 0 saturated heterocycles. The van der Waals surface area contributed by atoms with Gasteiger partial charge in [0, 0.05) is 35.8 Å². The molecule has 0 bridgehead atoms. The van der Waals surface area contributed by atoms with E-state index < -0.39 is 35.8 Å². The van der Waals surface area contributed by atoms with Gasteiger partial charge in [-0.05, 0) is 77.0 Å². The van der Waals surface area contributed by atoms with Crippen molar-refractivity contribution in [2.24, 2.45) is 0 Å². The molecule has 0 aromatic rings. The molecule has 126 heavy (non-hydrogen) atoms. The molecule has 0 rings (SSSR count). The van der Waals surface area contributed by atoms with E-state index in [0.717, 1.165) is 77.0 Å². The number of carboxylic acid groups (broad SMARTS) is 6. The summed E-state index contributed by atoms with van der Waals surface area (Å²) in [5, 5.41) is 61.3. The van der Waals surface area contributed by atoms with Gasteiger partial charge in [0.15, 0.2) is 0 Å². The zero-order valence-corrected chi connectivity index (χ0v) is 99.3. The Balaban J connectivity index is -0.000000123. The van der Waals surface area contributed by atoms with Crippen LogP contribution in [0.4, 0.5) is 0 Å². The Morgan fingerprint density at radius 2 is 0.190 bits per heavy atom. The Hall–Kier alpha value is 2.64. The molecule has 0 radical (unpaired) electrons. The van der Waals surface area contributed by atoms with Crippen LogP contribution < -0.4 is 112 Å². The summed E-state index contributed by atoms with van der Waals surface area (Å²) in [5.41, 5.74) is 0. The molecule has 0 amide bonds. The van der Waals surface area contributed by atoms with Crippen LogP contribution in [0, 0.1) is 0 Å². The molecule has 0 atom stereocenters. The predicted octanol–water partition coefficient (Wildman–Crippen LogP) is 22.8. The van der Waals surface area contributed by atoms with E-state index in [1.165, 1.54) is 501 Å². The maximum atomic E-state index is 10.2. The summed E-state index contributed by atoms with van der Waals surface area (Å²) in [6, 6.07) is 0. The second kappa shape index (κ2) is 150. The largest absolute Gasteiger partial charge is 3.00 e. The number of carbonyl (C=O) groups excluding carboxylic acids is 6. The molecule has 12 nitrogen and oxygen atoms in total. The SMILES string of the molecule is CCCCCCCCCCCCCCCCCC(=O)[O-].CCCCCCCCCCCCCCCCCC(=O)[O-].CCCCCCCCCCCCCCCCCC(=O)[O-].CCCCCCCCCCCCCCCCCC(=O)[O-].CCCCCCCCCCCCCCCCCC(=O)[O-].CCCCCCCCCCCCCCCCCC(=O)[O-].[Al+3].[Ca+2].[K+].[Mg+2].[Na+].[Zn+2]. The Morgan fingerprint density at radius 1 is 0.143 bits per heavy atom. The molecule has 0 unspecified atom stereocenters. The summed E-state index contributed by atoms with van der Waals surface area (Å²) >= 11 is 0. The van der Waals surface area contributed by atoms with Gasteiger partial charge in [-0.3, -0.25) is 0 Å². The Bertz CT molecular complexity index is 1600. The number of carbonyl (C=O) groups is 6. The minimum absolute atomic E-state index is 0. The second-order valence-electron chi connectivity index (χ2n) is 36.4. The average molecular weight is 1920 g/mol. The smallest absolute Gasteiger partial charge is 0.550 e. The van der Waals surface area contributed by atoms with Crippen LogP contribution >= 0.6 is 0 Å². The molecule has 0 fully saturated rings. The van der Waals surface area contributed by atoms with Crippen LogP contribution in [0.3, 0.4) is 0 Å². The third kappa shape index (κ3) is 183. The first kappa shape index (κ1) is 154. The van der Waals surface area contributed by atoms with Crippen LogP contribution in [-0.4, -0.2) is 114 Å². The zero-order valence-electron chi connectivity index (χ0n) is 86.5. The van der Waals surface area contributed by atoms with Crippen molar-refractivity contribution < 1.29 is 160 Å². The first-order valence-electron chi connectivity index (χ1n) is 53.8. The zero-order chi connectivity index (χ0) is 89.3.